The van der Waals surface area contributed by atoms with Gasteiger partial charge in [-0.1, -0.05) is 115 Å². The summed E-state index contributed by atoms with van der Waals surface area (Å²) >= 11 is 0. The van der Waals surface area contributed by atoms with Gasteiger partial charge in [-0.25, -0.2) is 4.98 Å². The zero-order valence-corrected chi connectivity index (χ0v) is 29.5. The van der Waals surface area contributed by atoms with E-state index >= 15 is 0 Å². The van der Waals surface area contributed by atoms with Gasteiger partial charge < -0.3 is 14.6 Å². The minimum atomic E-state index is -2.94. The van der Waals surface area contributed by atoms with Gasteiger partial charge in [0.25, 0.3) is 0 Å². The summed E-state index contributed by atoms with van der Waals surface area (Å²) in [6.07, 6.45) is 0. The van der Waals surface area contributed by atoms with Crippen LogP contribution in [0.2, 0.25) is 0 Å². The van der Waals surface area contributed by atoms with E-state index in [9.17, 15) is 10.2 Å². The van der Waals surface area contributed by atoms with Crippen LogP contribution in [-0.2, 0) is 5.21 Å². The van der Waals surface area contributed by atoms with Crippen molar-refractivity contribution in [1.82, 2.24) is 9.55 Å². The van der Waals surface area contributed by atoms with Crippen molar-refractivity contribution in [2.75, 3.05) is 0 Å². The van der Waals surface area contributed by atoms with Gasteiger partial charge >= 0.3 is 0 Å². The van der Waals surface area contributed by atoms with Crippen molar-refractivity contribution >= 4 is 78.1 Å². The van der Waals surface area contributed by atoms with Crippen LogP contribution in [-0.4, -0.2) is 49.0 Å². The van der Waals surface area contributed by atoms with Crippen molar-refractivity contribution in [3.63, 3.8) is 0 Å². The number of rotatable bonds is 6. The third kappa shape index (κ3) is 5.24. The first-order chi connectivity index (χ1) is 26.7. The molecule has 0 fully saturated rings. The lowest BCUT2D eigenvalue weighted by atomic mass is 9.45. The number of benzene rings is 8. The van der Waals surface area contributed by atoms with Crippen molar-refractivity contribution in [1.29, 1.82) is 0 Å². The van der Waals surface area contributed by atoms with Gasteiger partial charge in [0.05, 0.1) is 26.7 Å². The highest BCUT2D eigenvalue weighted by atomic mass is 16.5. The average Bonchev–Trinajstić information content (AvgIpc) is 3.79. The molecule has 8 aromatic carbocycles. The fourth-order valence-electron chi connectivity index (χ4n) is 8.04. The maximum atomic E-state index is 10.4. The number of aromatic nitrogens is 2. The largest absolute Gasteiger partial charge is 0.456 e. The molecule has 0 aliphatic carbocycles. The van der Waals surface area contributed by atoms with E-state index in [4.69, 9.17) is 28.0 Å². The summed E-state index contributed by atoms with van der Waals surface area (Å²) in [7, 11) is 18.3. The standard InChI is InChI=1S/C47H29B3N2O3/c48-46(49,47(50,53)54)45-51-39-20-6-7-21-40(39)52(45)32-14-10-12-29(26-32)28-11-9-13-30(25-28)43-34-16-1-3-18-36(34)44(37-19-4-2-17-35(37)43)31-23-24-42-38(27-31)33-15-5-8-22-41(33)55-42/h1-27,53-54H. The van der Waals surface area contributed by atoms with Crippen LogP contribution >= 0.6 is 0 Å². The molecule has 254 valence electrons. The van der Waals surface area contributed by atoms with E-state index in [1.807, 2.05) is 66.7 Å². The molecule has 6 radical (unpaired) electrons. The molecule has 0 bridgehead atoms. The highest BCUT2D eigenvalue weighted by molar-refractivity contribution is 6.44. The molecule has 10 rings (SSSR count). The summed E-state index contributed by atoms with van der Waals surface area (Å²) in [5.41, 5.74) is 7.19. The first-order valence-corrected chi connectivity index (χ1v) is 18.0. The molecule has 0 atom stereocenters. The number of nitrogens with zero attached hydrogens (tertiary/aromatic N) is 2. The first-order valence-electron chi connectivity index (χ1n) is 18.0. The quantitative estimate of drug-likeness (QED) is 0.103. The van der Waals surface area contributed by atoms with Crippen LogP contribution in [0.4, 0.5) is 0 Å². The third-order valence-corrected chi connectivity index (χ3v) is 10.7. The van der Waals surface area contributed by atoms with Crippen molar-refractivity contribution in [3.05, 3.63) is 170 Å². The Morgan fingerprint density at radius 1 is 0.473 bits per heavy atom. The maximum Gasteiger partial charge on any atom is 0.152 e. The van der Waals surface area contributed by atoms with Crippen LogP contribution in [0.1, 0.15) is 5.82 Å². The fraction of sp³-hybridized carbons (Fsp3) is 0.0426. The molecule has 5 nitrogen and oxygen atoms in total. The molecule has 0 aliphatic heterocycles. The molecule has 2 N–H and O–H groups in total. The third-order valence-electron chi connectivity index (χ3n) is 10.7. The van der Waals surface area contributed by atoms with Gasteiger partial charge in [0.2, 0.25) is 0 Å². The molecule has 0 saturated heterocycles. The van der Waals surface area contributed by atoms with Gasteiger partial charge in [0, 0.05) is 16.5 Å². The molecule has 0 saturated carbocycles. The summed E-state index contributed by atoms with van der Waals surface area (Å²) in [5, 5.41) is 25.3. The van der Waals surface area contributed by atoms with E-state index in [1.54, 1.807) is 4.57 Å². The SMILES string of the molecule is [B]C(O)(O)C([B])([B])c1nc2ccccc2n1-c1cccc(-c2cccc(-c3c4ccccc4c(-c4ccc5oc6ccccc6c5c4)c4ccccc34)c2)c1. The van der Waals surface area contributed by atoms with Crippen LogP contribution in [0.5, 0.6) is 0 Å². The van der Waals surface area contributed by atoms with Gasteiger partial charge in [-0.3, -0.25) is 4.57 Å². The monoisotopic (exact) mass is 702 g/mol. The average molecular weight is 702 g/mol. The summed E-state index contributed by atoms with van der Waals surface area (Å²) in [6.45, 7) is 0. The Hall–Kier alpha value is -6.34. The predicted octanol–water partition coefficient (Wildman–Crippen LogP) is 9.53. The number of hydrogen-bond donors (Lipinski definition) is 2. The molecule has 55 heavy (non-hydrogen) atoms. The van der Waals surface area contributed by atoms with E-state index in [0.717, 1.165) is 71.3 Å². The van der Waals surface area contributed by atoms with E-state index in [0.29, 0.717) is 16.7 Å². The molecule has 2 aromatic heterocycles. The summed E-state index contributed by atoms with van der Waals surface area (Å²) in [5.74, 6) is 0.00485. The van der Waals surface area contributed by atoms with E-state index < -0.39 is 10.9 Å². The second kappa shape index (κ2) is 12.4. The van der Waals surface area contributed by atoms with Gasteiger partial charge in [0.1, 0.15) is 22.7 Å². The summed E-state index contributed by atoms with van der Waals surface area (Å²) in [4.78, 5) is 4.60. The predicted molar refractivity (Wildman–Crippen MR) is 226 cm³/mol. The Morgan fingerprint density at radius 3 is 1.67 bits per heavy atom. The molecule has 10 aromatic rings. The van der Waals surface area contributed by atoms with Crippen LogP contribution in [0.15, 0.2) is 168 Å². The Morgan fingerprint density at radius 2 is 1.00 bits per heavy atom. The Bertz CT molecular complexity index is 3080. The zero-order valence-electron chi connectivity index (χ0n) is 29.5. The van der Waals surface area contributed by atoms with Crippen molar-refractivity contribution in [2.24, 2.45) is 0 Å². The Balaban J connectivity index is 1.15. The van der Waals surface area contributed by atoms with Crippen LogP contribution in [0.3, 0.4) is 0 Å². The number of furan rings is 1. The molecule has 8 heteroatoms. The lowest BCUT2D eigenvalue weighted by Crippen LogP contribution is -2.54. The van der Waals surface area contributed by atoms with E-state index in [-0.39, 0.29) is 5.82 Å². The van der Waals surface area contributed by atoms with Crippen LogP contribution < -0.4 is 0 Å². The number of hydrogen-bond acceptors (Lipinski definition) is 4. The van der Waals surface area contributed by atoms with Gasteiger partial charge in [-0.05, 0) is 109 Å². The van der Waals surface area contributed by atoms with E-state index in [2.05, 4.69) is 102 Å². The summed E-state index contributed by atoms with van der Waals surface area (Å²) < 4.78 is 7.91. The maximum absolute atomic E-state index is 10.4. The van der Waals surface area contributed by atoms with Crippen molar-refractivity contribution in [3.8, 4) is 39.1 Å². The minimum Gasteiger partial charge on any atom is -0.456 e. The molecule has 2 heterocycles. The second-order valence-electron chi connectivity index (χ2n) is 14.1. The molecule has 0 amide bonds. The highest BCUT2D eigenvalue weighted by Gasteiger charge is 2.41. The van der Waals surface area contributed by atoms with Gasteiger partial charge in [0.15, 0.2) is 7.85 Å². The topological polar surface area (TPSA) is 71.4 Å². The van der Waals surface area contributed by atoms with Crippen molar-refractivity contribution < 1.29 is 14.6 Å². The molecule has 0 spiro atoms. The second-order valence-corrected chi connectivity index (χ2v) is 14.1. The highest BCUT2D eigenvalue weighted by Crippen LogP contribution is 2.45. The molecule has 0 aliphatic rings. The van der Waals surface area contributed by atoms with Gasteiger partial charge in [-0.15, -0.1) is 0 Å². The fourth-order valence-corrected chi connectivity index (χ4v) is 8.04. The zero-order chi connectivity index (χ0) is 37.5. The lowest BCUT2D eigenvalue weighted by Gasteiger charge is -2.37. The number of fused-ring (bicyclic) bond motifs is 6. The van der Waals surface area contributed by atoms with Crippen LogP contribution in [0, 0.1) is 0 Å². The molecular formula is C47H29B3N2O3. The summed E-state index contributed by atoms with van der Waals surface area (Å²) in [6, 6.07) is 55.7. The smallest absolute Gasteiger partial charge is 0.152 e. The lowest BCUT2D eigenvalue weighted by molar-refractivity contribution is -0.100. The minimum absolute atomic E-state index is 0.00485. The van der Waals surface area contributed by atoms with Gasteiger partial charge in [-0.2, -0.15) is 0 Å². The van der Waals surface area contributed by atoms with Crippen LogP contribution in [0.25, 0.3) is 93.6 Å². The number of imidazole rings is 1. The molecule has 0 unspecified atom stereocenters. The molecular weight excluding hydrogens is 673 g/mol. The number of para-hydroxylation sites is 3. The van der Waals surface area contributed by atoms with Crippen molar-refractivity contribution in [2.45, 2.75) is 10.9 Å². The number of aliphatic hydroxyl groups is 2. The van der Waals surface area contributed by atoms with E-state index in [1.165, 1.54) is 5.56 Å². The Labute approximate surface area is 320 Å². The first kappa shape index (κ1) is 33.2. The normalized spacial score (nSPS) is 12.4. The Kier molecular flexibility index (Phi) is 7.47.